The first-order chi connectivity index (χ1) is 5.87. The summed E-state index contributed by atoms with van der Waals surface area (Å²) < 4.78 is 0. The molecule has 0 saturated heterocycles. The molecule has 78 valence electrons. The number of carbonyl (C=O) groups is 1. The third-order valence-electron chi connectivity index (χ3n) is 2.02. The molecule has 0 aliphatic heterocycles. The van der Waals surface area contributed by atoms with E-state index in [-0.39, 0.29) is 17.4 Å². The summed E-state index contributed by atoms with van der Waals surface area (Å²) in [6.45, 7) is 10.4. The van der Waals surface area contributed by atoms with Crippen LogP contribution in [-0.4, -0.2) is 11.9 Å². The van der Waals surface area contributed by atoms with Gasteiger partial charge in [0.25, 0.3) is 0 Å². The minimum atomic E-state index is 0.147. The molecule has 0 aliphatic rings. The molecule has 0 radical (unpaired) electrons. The van der Waals surface area contributed by atoms with Gasteiger partial charge in [0.15, 0.2) is 0 Å². The van der Waals surface area contributed by atoms with Gasteiger partial charge >= 0.3 is 0 Å². The van der Waals surface area contributed by atoms with E-state index in [0.717, 1.165) is 12.8 Å². The lowest BCUT2D eigenvalue weighted by molar-refractivity contribution is -0.123. The number of carbonyl (C=O) groups excluding carboxylic acids is 1. The van der Waals surface area contributed by atoms with Crippen LogP contribution in [0.4, 0.5) is 0 Å². The summed E-state index contributed by atoms with van der Waals surface area (Å²) in [4.78, 5) is 11.4. The maximum atomic E-state index is 11.4. The zero-order valence-corrected chi connectivity index (χ0v) is 9.61. The summed E-state index contributed by atoms with van der Waals surface area (Å²) in [5.74, 6) is 0.174. The van der Waals surface area contributed by atoms with Crippen molar-refractivity contribution >= 4 is 5.91 Å². The maximum Gasteiger partial charge on any atom is 0.220 e. The van der Waals surface area contributed by atoms with E-state index in [0.29, 0.717) is 6.42 Å². The summed E-state index contributed by atoms with van der Waals surface area (Å²) in [7, 11) is 0. The molecule has 0 bridgehead atoms. The molecule has 13 heavy (non-hydrogen) atoms. The Morgan fingerprint density at radius 2 is 1.92 bits per heavy atom. The zero-order valence-electron chi connectivity index (χ0n) is 9.61. The number of hydrogen-bond acceptors (Lipinski definition) is 1. The van der Waals surface area contributed by atoms with Crippen LogP contribution < -0.4 is 5.32 Å². The highest BCUT2D eigenvalue weighted by Gasteiger charge is 2.20. The van der Waals surface area contributed by atoms with E-state index in [9.17, 15) is 4.79 Å². The van der Waals surface area contributed by atoms with Gasteiger partial charge in [-0.3, -0.25) is 4.79 Å². The van der Waals surface area contributed by atoms with Crippen molar-refractivity contribution in [1.29, 1.82) is 0 Å². The summed E-state index contributed by atoms with van der Waals surface area (Å²) in [6, 6.07) is 0.255. The fourth-order valence-electron chi connectivity index (χ4n) is 1.57. The topological polar surface area (TPSA) is 29.1 Å². The van der Waals surface area contributed by atoms with Gasteiger partial charge in [-0.2, -0.15) is 0 Å². The van der Waals surface area contributed by atoms with E-state index in [1.165, 1.54) is 0 Å². The molecule has 2 heteroatoms. The smallest absolute Gasteiger partial charge is 0.220 e. The first-order valence-corrected chi connectivity index (χ1v) is 5.17. The van der Waals surface area contributed by atoms with E-state index in [1.54, 1.807) is 0 Å². The Balaban J connectivity index is 3.89. The maximum absolute atomic E-state index is 11.4. The number of rotatable bonds is 5. The van der Waals surface area contributed by atoms with Crippen LogP contribution in [0.3, 0.4) is 0 Å². The highest BCUT2D eigenvalue weighted by Crippen LogP contribution is 2.26. The fourth-order valence-corrected chi connectivity index (χ4v) is 1.57. The number of nitrogens with one attached hydrogen (secondary N) is 1. The van der Waals surface area contributed by atoms with Crippen LogP contribution >= 0.6 is 0 Å². The lowest BCUT2D eigenvalue weighted by atomic mass is 9.84. The molecule has 0 aromatic heterocycles. The lowest BCUT2D eigenvalue weighted by Crippen LogP contribution is -2.33. The third kappa shape index (κ3) is 6.62. The Morgan fingerprint density at radius 3 is 2.31 bits per heavy atom. The summed E-state index contributed by atoms with van der Waals surface area (Å²) >= 11 is 0. The molecule has 1 N–H and O–H groups in total. The lowest BCUT2D eigenvalue weighted by Gasteiger charge is -2.23. The normalized spacial score (nSPS) is 11.8. The van der Waals surface area contributed by atoms with Crippen LogP contribution in [0, 0.1) is 5.41 Å². The van der Waals surface area contributed by atoms with Crippen molar-refractivity contribution in [1.82, 2.24) is 5.32 Å². The minimum Gasteiger partial charge on any atom is -0.354 e. The van der Waals surface area contributed by atoms with Crippen molar-refractivity contribution in [3.8, 4) is 0 Å². The Morgan fingerprint density at radius 1 is 1.38 bits per heavy atom. The monoisotopic (exact) mass is 185 g/mol. The van der Waals surface area contributed by atoms with Gasteiger partial charge in [-0.05, 0) is 25.7 Å². The van der Waals surface area contributed by atoms with E-state index >= 15 is 0 Å². The molecule has 0 unspecified atom stereocenters. The van der Waals surface area contributed by atoms with Crippen molar-refractivity contribution in [2.24, 2.45) is 5.41 Å². The largest absolute Gasteiger partial charge is 0.354 e. The first-order valence-electron chi connectivity index (χ1n) is 5.17. The predicted octanol–water partition coefficient (Wildman–Crippen LogP) is 2.73. The summed E-state index contributed by atoms with van der Waals surface area (Å²) in [6.07, 6.45) is 2.89. The van der Waals surface area contributed by atoms with E-state index in [2.05, 4.69) is 26.1 Å². The number of amides is 1. The van der Waals surface area contributed by atoms with Crippen LogP contribution in [0.2, 0.25) is 0 Å². The highest BCUT2D eigenvalue weighted by atomic mass is 16.1. The van der Waals surface area contributed by atoms with Crippen molar-refractivity contribution in [3.05, 3.63) is 0 Å². The average molecular weight is 185 g/mol. The van der Waals surface area contributed by atoms with Gasteiger partial charge in [0.1, 0.15) is 0 Å². The van der Waals surface area contributed by atoms with Crippen molar-refractivity contribution in [2.75, 3.05) is 0 Å². The molecule has 0 atom stereocenters. The van der Waals surface area contributed by atoms with Gasteiger partial charge < -0.3 is 5.32 Å². The SMILES string of the molecule is CCCC(C)(C)CC(=O)NC(C)C. The molecular formula is C11H23NO. The van der Waals surface area contributed by atoms with E-state index in [1.807, 2.05) is 13.8 Å². The third-order valence-corrected chi connectivity index (χ3v) is 2.02. The minimum absolute atomic E-state index is 0.147. The average Bonchev–Trinajstić information content (AvgIpc) is 1.81. The molecule has 0 saturated carbocycles. The van der Waals surface area contributed by atoms with Gasteiger partial charge in [0.2, 0.25) is 5.91 Å². The molecule has 1 amide bonds. The molecule has 0 aromatic carbocycles. The van der Waals surface area contributed by atoms with Crippen LogP contribution in [0.1, 0.15) is 53.9 Å². The Hall–Kier alpha value is -0.530. The van der Waals surface area contributed by atoms with Crippen molar-refractivity contribution in [3.63, 3.8) is 0 Å². The van der Waals surface area contributed by atoms with Gasteiger partial charge in [0.05, 0.1) is 0 Å². The van der Waals surface area contributed by atoms with Crippen LogP contribution in [-0.2, 0) is 4.79 Å². The van der Waals surface area contributed by atoms with Gasteiger partial charge in [-0.1, -0.05) is 27.2 Å². The molecule has 0 heterocycles. The number of hydrogen-bond donors (Lipinski definition) is 1. The zero-order chi connectivity index (χ0) is 10.5. The first kappa shape index (κ1) is 12.5. The molecule has 2 nitrogen and oxygen atoms in total. The summed E-state index contributed by atoms with van der Waals surface area (Å²) in [5.41, 5.74) is 0.147. The van der Waals surface area contributed by atoms with Gasteiger partial charge in [-0.25, -0.2) is 0 Å². The summed E-state index contributed by atoms with van der Waals surface area (Å²) in [5, 5.41) is 2.92. The van der Waals surface area contributed by atoms with E-state index < -0.39 is 0 Å². The van der Waals surface area contributed by atoms with Gasteiger partial charge in [0, 0.05) is 12.5 Å². The Bertz CT molecular complexity index is 161. The van der Waals surface area contributed by atoms with E-state index in [4.69, 9.17) is 0 Å². The van der Waals surface area contributed by atoms with Gasteiger partial charge in [-0.15, -0.1) is 0 Å². The second-order valence-corrected chi connectivity index (χ2v) is 4.81. The molecule has 0 rings (SSSR count). The molecule has 0 aromatic rings. The standard InChI is InChI=1S/C11H23NO/c1-6-7-11(4,5)8-10(13)12-9(2)3/h9H,6-8H2,1-5H3,(H,12,13). The van der Waals surface area contributed by atoms with Crippen molar-refractivity contribution in [2.45, 2.75) is 59.9 Å². The van der Waals surface area contributed by atoms with Crippen molar-refractivity contribution < 1.29 is 4.79 Å². The molecule has 0 fully saturated rings. The quantitative estimate of drug-likeness (QED) is 0.701. The molecule has 0 spiro atoms. The van der Waals surface area contributed by atoms with Crippen LogP contribution in [0.25, 0.3) is 0 Å². The van der Waals surface area contributed by atoms with Crippen LogP contribution in [0.15, 0.2) is 0 Å². The second-order valence-electron chi connectivity index (χ2n) is 4.81. The fraction of sp³-hybridized carbons (Fsp3) is 0.909. The molecular weight excluding hydrogens is 162 g/mol. The second kappa shape index (κ2) is 5.25. The molecule has 0 aliphatic carbocycles. The Kier molecular flexibility index (Phi) is 5.04. The Labute approximate surface area is 82.1 Å². The van der Waals surface area contributed by atoms with Crippen LogP contribution in [0.5, 0.6) is 0 Å². The predicted molar refractivity (Wildman–Crippen MR) is 56.6 cm³/mol. The highest BCUT2D eigenvalue weighted by molar-refractivity contribution is 5.76.